The second-order valence-corrected chi connectivity index (χ2v) is 5.51. The topological polar surface area (TPSA) is 71.2 Å². The Labute approximate surface area is 123 Å². The van der Waals surface area contributed by atoms with Crippen LogP contribution in [0.2, 0.25) is 0 Å². The largest absolute Gasteiger partial charge is 0.506 e. The predicted molar refractivity (Wildman–Crippen MR) is 76.9 cm³/mol. The molecule has 3 heterocycles. The highest BCUT2D eigenvalue weighted by Gasteiger charge is 2.22. The highest BCUT2D eigenvalue weighted by atomic mass is 16.3. The molecular weight excluding hydrogens is 268 g/mol. The van der Waals surface area contributed by atoms with Gasteiger partial charge in [-0.2, -0.15) is 0 Å². The van der Waals surface area contributed by atoms with Crippen molar-refractivity contribution in [1.82, 2.24) is 19.4 Å². The summed E-state index contributed by atoms with van der Waals surface area (Å²) in [5, 5.41) is 9.41. The molecule has 0 aliphatic carbocycles. The van der Waals surface area contributed by atoms with Crippen molar-refractivity contribution in [3.8, 4) is 5.75 Å². The number of amides is 1. The van der Waals surface area contributed by atoms with Gasteiger partial charge in [-0.3, -0.25) is 9.78 Å². The van der Waals surface area contributed by atoms with E-state index in [-0.39, 0.29) is 11.7 Å². The number of carbonyl (C=O) groups is 1. The van der Waals surface area contributed by atoms with Crippen LogP contribution >= 0.6 is 0 Å². The second-order valence-electron chi connectivity index (χ2n) is 5.51. The third kappa shape index (κ3) is 2.89. The van der Waals surface area contributed by atoms with Crippen molar-refractivity contribution in [2.75, 3.05) is 13.6 Å². The fourth-order valence-electron chi connectivity index (χ4n) is 2.81. The molecule has 0 saturated carbocycles. The Kier molecular flexibility index (Phi) is 3.60. The Morgan fingerprint density at radius 1 is 1.52 bits per heavy atom. The van der Waals surface area contributed by atoms with Gasteiger partial charge in [0.2, 0.25) is 0 Å². The van der Waals surface area contributed by atoms with Crippen molar-refractivity contribution >= 4 is 5.91 Å². The van der Waals surface area contributed by atoms with E-state index < -0.39 is 0 Å². The quantitative estimate of drug-likeness (QED) is 0.923. The third-order valence-corrected chi connectivity index (χ3v) is 3.90. The monoisotopic (exact) mass is 286 g/mol. The van der Waals surface area contributed by atoms with E-state index >= 15 is 0 Å². The SMILES string of the molecule is CN(C[C@H]1CCn2ccnc2C1)C(=O)c1cncc(O)c1. The van der Waals surface area contributed by atoms with Gasteiger partial charge in [0.15, 0.2) is 0 Å². The molecule has 0 spiro atoms. The molecule has 110 valence electrons. The molecule has 0 radical (unpaired) electrons. The number of imidazole rings is 1. The van der Waals surface area contributed by atoms with Crippen LogP contribution in [0.5, 0.6) is 5.75 Å². The van der Waals surface area contributed by atoms with E-state index in [1.807, 2.05) is 12.4 Å². The third-order valence-electron chi connectivity index (χ3n) is 3.90. The fraction of sp³-hybridized carbons (Fsp3) is 0.400. The highest BCUT2D eigenvalue weighted by Crippen LogP contribution is 2.20. The van der Waals surface area contributed by atoms with Crippen LogP contribution in [0, 0.1) is 5.92 Å². The Morgan fingerprint density at radius 2 is 2.38 bits per heavy atom. The summed E-state index contributed by atoms with van der Waals surface area (Å²) in [6, 6.07) is 1.44. The van der Waals surface area contributed by atoms with Crippen LogP contribution in [-0.2, 0) is 13.0 Å². The average Bonchev–Trinajstić information content (AvgIpc) is 2.94. The number of aromatic hydroxyl groups is 1. The summed E-state index contributed by atoms with van der Waals surface area (Å²) in [6.07, 6.45) is 8.55. The number of nitrogens with zero attached hydrogens (tertiary/aromatic N) is 4. The maximum absolute atomic E-state index is 12.3. The lowest BCUT2D eigenvalue weighted by atomic mass is 9.97. The van der Waals surface area contributed by atoms with Gasteiger partial charge < -0.3 is 14.6 Å². The van der Waals surface area contributed by atoms with E-state index in [0.29, 0.717) is 18.0 Å². The van der Waals surface area contributed by atoms with Crippen molar-refractivity contribution in [3.63, 3.8) is 0 Å². The van der Waals surface area contributed by atoms with Crippen molar-refractivity contribution in [3.05, 3.63) is 42.2 Å². The molecule has 1 amide bonds. The van der Waals surface area contributed by atoms with Gasteiger partial charge in [-0.25, -0.2) is 4.98 Å². The number of hydrogen-bond donors (Lipinski definition) is 1. The number of pyridine rings is 1. The zero-order chi connectivity index (χ0) is 14.8. The Bertz CT molecular complexity index is 653. The van der Waals surface area contributed by atoms with Crippen molar-refractivity contribution in [2.24, 2.45) is 5.92 Å². The number of fused-ring (bicyclic) bond motifs is 1. The van der Waals surface area contributed by atoms with Crippen molar-refractivity contribution in [2.45, 2.75) is 19.4 Å². The first-order valence-electron chi connectivity index (χ1n) is 7.03. The first kappa shape index (κ1) is 13.6. The van der Waals surface area contributed by atoms with Gasteiger partial charge in [-0.1, -0.05) is 0 Å². The van der Waals surface area contributed by atoms with Gasteiger partial charge in [0.1, 0.15) is 11.6 Å². The van der Waals surface area contributed by atoms with Gasteiger partial charge in [0.05, 0.1) is 11.8 Å². The van der Waals surface area contributed by atoms with E-state index in [0.717, 1.165) is 25.2 Å². The maximum atomic E-state index is 12.3. The Balaban J connectivity index is 1.64. The standard InChI is InChI=1S/C15H18N4O2/c1-18(15(21)12-7-13(20)9-16-8-12)10-11-2-4-19-5-3-17-14(19)6-11/h3,5,7-9,11,20H,2,4,6,10H2,1H3/t11-/m0/s1. The van der Waals surface area contributed by atoms with Crippen LogP contribution in [0.15, 0.2) is 30.9 Å². The molecule has 0 fully saturated rings. The van der Waals surface area contributed by atoms with Crippen LogP contribution in [0.25, 0.3) is 0 Å². The number of aryl methyl sites for hydroxylation is 1. The smallest absolute Gasteiger partial charge is 0.255 e. The van der Waals surface area contributed by atoms with Crippen LogP contribution in [0.4, 0.5) is 0 Å². The van der Waals surface area contributed by atoms with E-state index in [2.05, 4.69) is 14.5 Å². The Morgan fingerprint density at radius 3 is 3.19 bits per heavy atom. The summed E-state index contributed by atoms with van der Waals surface area (Å²) in [5.41, 5.74) is 0.412. The normalized spacial score (nSPS) is 17.3. The van der Waals surface area contributed by atoms with Crippen LogP contribution in [0.1, 0.15) is 22.6 Å². The molecular formula is C15H18N4O2. The van der Waals surface area contributed by atoms with Gasteiger partial charge in [0.25, 0.3) is 5.91 Å². The molecule has 21 heavy (non-hydrogen) atoms. The molecule has 6 heteroatoms. The Hall–Kier alpha value is -2.37. The molecule has 1 aliphatic rings. The minimum absolute atomic E-state index is 0.00828. The molecule has 1 atom stereocenters. The zero-order valence-electron chi connectivity index (χ0n) is 11.9. The van der Waals surface area contributed by atoms with Crippen LogP contribution in [0.3, 0.4) is 0 Å². The first-order chi connectivity index (χ1) is 10.1. The summed E-state index contributed by atoms with van der Waals surface area (Å²) < 4.78 is 2.16. The van der Waals surface area contributed by atoms with Gasteiger partial charge in [0, 0.05) is 45.1 Å². The molecule has 0 unspecified atom stereocenters. The predicted octanol–water partition coefficient (Wildman–Crippen LogP) is 1.32. The van der Waals surface area contributed by atoms with Gasteiger partial charge in [-0.05, 0) is 18.4 Å². The minimum Gasteiger partial charge on any atom is -0.506 e. The summed E-state index contributed by atoms with van der Waals surface area (Å²) >= 11 is 0. The van der Waals surface area contributed by atoms with Crippen molar-refractivity contribution < 1.29 is 9.90 Å². The van der Waals surface area contributed by atoms with E-state index in [4.69, 9.17) is 0 Å². The molecule has 0 aromatic carbocycles. The number of hydrogen-bond acceptors (Lipinski definition) is 4. The van der Waals surface area contributed by atoms with Crippen LogP contribution in [-0.4, -0.2) is 44.0 Å². The van der Waals surface area contributed by atoms with Gasteiger partial charge in [-0.15, -0.1) is 0 Å². The van der Waals surface area contributed by atoms with Gasteiger partial charge >= 0.3 is 0 Å². The number of aromatic nitrogens is 3. The summed E-state index contributed by atoms with van der Waals surface area (Å²) in [5.74, 6) is 1.39. The lowest BCUT2D eigenvalue weighted by Gasteiger charge is -2.27. The summed E-state index contributed by atoms with van der Waals surface area (Å²) in [7, 11) is 1.79. The summed E-state index contributed by atoms with van der Waals surface area (Å²) in [6.45, 7) is 1.64. The highest BCUT2D eigenvalue weighted by molar-refractivity contribution is 5.94. The average molecular weight is 286 g/mol. The number of rotatable bonds is 3. The molecule has 0 bridgehead atoms. The molecule has 2 aromatic rings. The van der Waals surface area contributed by atoms with E-state index in [9.17, 15) is 9.90 Å². The minimum atomic E-state index is -0.118. The van der Waals surface area contributed by atoms with Crippen LogP contribution < -0.4 is 0 Å². The lowest BCUT2D eigenvalue weighted by molar-refractivity contribution is 0.0763. The first-order valence-corrected chi connectivity index (χ1v) is 7.03. The molecule has 2 aromatic heterocycles. The molecule has 1 aliphatic heterocycles. The summed E-state index contributed by atoms with van der Waals surface area (Å²) in [4.78, 5) is 22.2. The lowest BCUT2D eigenvalue weighted by Crippen LogP contribution is -2.35. The molecule has 3 rings (SSSR count). The second kappa shape index (κ2) is 5.55. The van der Waals surface area contributed by atoms with E-state index in [1.54, 1.807) is 11.9 Å². The number of carbonyl (C=O) groups excluding carboxylic acids is 1. The maximum Gasteiger partial charge on any atom is 0.255 e. The van der Waals surface area contributed by atoms with Crippen molar-refractivity contribution in [1.29, 1.82) is 0 Å². The molecule has 0 saturated heterocycles. The zero-order valence-corrected chi connectivity index (χ0v) is 11.9. The molecule has 6 nitrogen and oxygen atoms in total. The molecule has 1 N–H and O–H groups in total. The van der Waals surface area contributed by atoms with E-state index in [1.165, 1.54) is 18.5 Å². The fourth-order valence-corrected chi connectivity index (χ4v) is 2.81.